The van der Waals surface area contributed by atoms with Crippen LogP contribution in [0.2, 0.25) is 0 Å². The molecule has 0 saturated heterocycles. The molecule has 0 bridgehead atoms. The van der Waals surface area contributed by atoms with E-state index >= 15 is 0 Å². The van der Waals surface area contributed by atoms with E-state index in [1.54, 1.807) is 23.9 Å². The number of anilines is 1. The second-order valence-electron chi connectivity index (χ2n) is 3.16. The van der Waals surface area contributed by atoms with Gasteiger partial charge in [0.15, 0.2) is 0 Å². The van der Waals surface area contributed by atoms with Gasteiger partial charge in [-0.05, 0) is 41.2 Å². The molecule has 0 aliphatic heterocycles. The summed E-state index contributed by atoms with van der Waals surface area (Å²) in [5.74, 6) is 0.438. The summed E-state index contributed by atoms with van der Waals surface area (Å²) in [5, 5.41) is 12.5. The molecule has 2 aromatic rings. The Hall–Kier alpha value is -1.83. The van der Waals surface area contributed by atoms with Crippen LogP contribution in [0.25, 0.3) is 0 Å². The average Bonchev–Trinajstić information content (AvgIpc) is 2.70. The molecule has 2 N–H and O–H groups in total. The number of hydrogen-bond acceptors (Lipinski definition) is 7. The first kappa shape index (κ1) is 11.6. The van der Waals surface area contributed by atoms with E-state index in [4.69, 9.17) is 10.5 Å². The molecule has 2 heterocycles. The highest BCUT2D eigenvalue weighted by atomic mass is 32.2. The minimum atomic E-state index is 0.438. The highest BCUT2D eigenvalue weighted by Crippen LogP contribution is 2.27. The van der Waals surface area contributed by atoms with Crippen molar-refractivity contribution in [3.05, 3.63) is 12.1 Å². The molecule has 0 aliphatic carbocycles. The largest absolute Gasteiger partial charge is 0.476 e. The minimum Gasteiger partial charge on any atom is -0.476 e. The Morgan fingerprint density at radius 2 is 2.29 bits per heavy atom. The van der Waals surface area contributed by atoms with Crippen molar-refractivity contribution in [2.45, 2.75) is 17.1 Å². The maximum absolute atomic E-state index is 5.74. The molecule has 8 heteroatoms. The second-order valence-corrected chi connectivity index (χ2v) is 4.15. The number of aromatic nitrogens is 5. The Balaban J connectivity index is 2.22. The normalized spacial score (nSPS) is 10.5. The quantitative estimate of drug-likeness (QED) is 0.857. The van der Waals surface area contributed by atoms with Crippen LogP contribution in [0.15, 0.2) is 22.3 Å². The van der Waals surface area contributed by atoms with Gasteiger partial charge in [0.1, 0.15) is 5.03 Å². The van der Waals surface area contributed by atoms with E-state index in [-0.39, 0.29) is 0 Å². The summed E-state index contributed by atoms with van der Waals surface area (Å²) >= 11 is 1.35. The molecule has 0 spiro atoms. The number of nitrogens with two attached hydrogens (primary N) is 1. The molecule has 2 rings (SSSR count). The zero-order valence-corrected chi connectivity index (χ0v) is 10.3. The fourth-order valence-electron chi connectivity index (χ4n) is 1.14. The molecule has 17 heavy (non-hydrogen) atoms. The van der Waals surface area contributed by atoms with Crippen LogP contribution in [0.1, 0.15) is 6.92 Å². The van der Waals surface area contributed by atoms with E-state index in [0.717, 1.165) is 5.03 Å². The number of tetrazole rings is 1. The molecular weight excluding hydrogens is 240 g/mol. The molecule has 0 amide bonds. The van der Waals surface area contributed by atoms with Gasteiger partial charge in [0, 0.05) is 7.05 Å². The SMILES string of the molecule is CCOc1nc(Sc2nnnn2C)ccc1N. The lowest BCUT2D eigenvalue weighted by Gasteiger charge is -2.06. The van der Waals surface area contributed by atoms with E-state index < -0.39 is 0 Å². The molecule has 2 aromatic heterocycles. The molecule has 0 aliphatic rings. The lowest BCUT2D eigenvalue weighted by atomic mass is 10.4. The number of ether oxygens (including phenoxy) is 1. The Kier molecular flexibility index (Phi) is 3.43. The van der Waals surface area contributed by atoms with E-state index in [1.165, 1.54) is 11.8 Å². The van der Waals surface area contributed by atoms with Crippen LogP contribution in [0.4, 0.5) is 5.69 Å². The average molecular weight is 252 g/mol. The third-order valence-corrected chi connectivity index (χ3v) is 2.89. The lowest BCUT2D eigenvalue weighted by molar-refractivity contribution is 0.326. The van der Waals surface area contributed by atoms with Crippen molar-refractivity contribution in [2.24, 2.45) is 7.05 Å². The van der Waals surface area contributed by atoms with Gasteiger partial charge >= 0.3 is 0 Å². The van der Waals surface area contributed by atoms with Crippen molar-refractivity contribution in [3.8, 4) is 5.88 Å². The number of rotatable bonds is 4. The molecule has 0 saturated carbocycles. The van der Waals surface area contributed by atoms with E-state index in [1.807, 2.05) is 6.92 Å². The van der Waals surface area contributed by atoms with Crippen LogP contribution in [0.5, 0.6) is 5.88 Å². The number of pyridine rings is 1. The summed E-state index contributed by atoms with van der Waals surface area (Å²) < 4.78 is 6.89. The summed E-state index contributed by atoms with van der Waals surface area (Å²) in [4.78, 5) is 4.28. The first-order valence-corrected chi connectivity index (χ1v) is 5.82. The summed E-state index contributed by atoms with van der Waals surface area (Å²) in [6.07, 6.45) is 0. The summed E-state index contributed by atoms with van der Waals surface area (Å²) in [7, 11) is 1.77. The van der Waals surface area contributed by atoms with Crippen LogP contribution in [-0.2, 0) is 7.05 Å². The first-order chi connectivity index (χ1) is 8.20. The standard InChI is InChI=1S/C9H12N6OS/c1-3-16-8-6(10)4-5-7(11-8)17-9-12-13-14-15(9)2/h4-5H,3,10H2,1-2H3. The number of nitrogen functional groups attached to an aromatic ring is 1. The number of hydrogen-bond donors (Lipinski definition) is 1. The Labute approximate surface area is 102 Å². The number of nitrogens with zero attached hydrogens (tertiary/aromatic N) is 5. The smallest absolute Gasteiger partial charge is 0.238 e. The fourth-order valence-corrected chi connectivity index (χ4v) is 1.84. The summed E-state index contributed by atoms with van der Waals surface area (Å²) in [5.41, 5.74) is 6.26. The third-order valence-electron chi connectivity index (χ3n) is 1.92. The molecule has 0 atom stereocenters. The topological polar surface area (TPSA) is 91.7 Å². The van der Waals surface area contributed by atoms with Crippen molar-refractivity contribution >= 4 is 17.4 Å². The van der Waals surface area contributed by atoms with E-state index in [2.05, 4.69) is 20.5 Å². The third kappa shape index (κ3) is 2.64. The molecule has 0 fully saturated rings. The second kappa shape index (κ2) is 5.00. The van der Waals surface area contributed by atoms with Gasteiger partial charge in [-0.2, -0.15) is 0 Å². The zero-order valence-electron chi connectivity index (χ0n) is 9.49. The highest BCUT2D eigenvalue weighted by Gasteiger charge is 2.09. The Morgan fingerprint density at radius 1 is 1.47 bits per heavy atom. The minimum absolute atomic E-state index is 0.438. The van der Waals surface area contributed by atoms with Crippen molar-refractivity contribution < 1.29 is 4.74 Å². The van der Waals surface area contributed by atoms with Crippen LogP contribution < -0.4 is 10.5 Å². The number of aryl methyl sites for hydroxylation is 1. The van der Waals surface area contributed by atoms with Gasteiger partial charge in [-0.1, -0.05) is 0 Å². The van der Waals surface area contributed by atoms with Crippen LogP contribution >= 0.6 is 11.8 Å². The maximum Gasteiger partial charge on any atom is 0.238 e. The maximum atomic E-state index is 5.74. The van der Waals surface area contributed by atoms with Gasteiger partial charge in [-0.15, -0.1) is 5.10 Å². The van der Waals surface area contributed by atoms with Crippen molar-refractivity contribution in [3.63, 3.8) is 0 Å². The fraction of sp³-hybridized carbons (Fsp3) is 0.333. The molecule has 7 nitrogen and oxygen atoms in total. The van der Waals surface area contributed by atoms with Crippen LogP contribution in [0, 0.1) is 0 Å². The van der Waals surface area contributed by atoms with Crippen LogP contribution in [0.3, 0.4) is 0 Å². The summed E-state index contributed by atoms with van der Waals surface area (Å²) in [6, 6.07) is 3.56. The summed E-state index contributed by atoms with van der Waals surface area (Å²) in [6.45, 7) is 2.41. The Morgan fingerprint density at radius 3 is 2.94 bits per heavy atom. The van der Waals surface area contributed by atoms with E-state index in [0.29, 0.717) is 23.3 Å². The van der Waals surface area contributed by atoms with Crippen molar-refractivity contribution in [2.75, 3.05) is 12.3 Å². The van der Waals surface area contributed by atoms with Gasteiger partial charge in [0.2, 0.25) is 11.0 Å². The Bertz CT molecular complexity index is 514. The van der Waals surface area contributed by atoms with Gasteiger partial charge in [0.05, 0.1) is 12.3 Å². The van der Waals surface area contributed by atoms with Gasteiger partial charge in [0.25, 0.3) is 0 Å². The molecule has 0 radical (unpaired) electrons. The molecular formula is C9H12N6OS. The molecule has 90 valence electrons. The van der Waals surface area contributed by atoms with Gasteiger partial charge < -0.3 is 10.5 Å². The van der Waals surface area contributed by atoms with Crippen molar-refractivity contribution in [1.29, 1.82) is 0 Å². The monoisotopic (exact) mass is 252 g/mol. The first-order valence-electron chi connectivity index (χ1n) is 5.00. The van der Waals surface area contributed by atoms with Gasteiger partial charge in [-0.3, -0.25) is 0 Å². The predicted molar refractivity (Wildman–Crippen MR) is 62.7 cm³/mol. The lowest BCUT2D eigenvalue weighted by Crippen LogP contribution is -2.00. The van der Waals surface area contributed by atoms with Crippen LogP contribution in [-0.4, -0.2) is 31.8 Å². The van der Waals surface area contributed by atoms with Gasteiger partial charge in [-0.25, -0.2) is 9.67 Å². The molecule has 0 unspecified atom stereocenters. The van der Waals surface area contributed by atoms with E-state index in [9.17, 15) is 0 Å². The highest BCUT2D eigenvalue weighted by molar-refractivity contribution is 7.99. The zero-order chi connectivity index (χ0) is 12.3. The molecule has 0 aromatic carbocycles. The predicted octanol–water partition coefficient (Wildman–Crippen LogP) is 0.737. The van der Waals surface area contributed by atoms with Crippen molar-refractivity contribution in [1.82, 2.24) is 25.2 Å².